The zero-order valence-corrected chi connectivity index (χ0v) is 14.2. The van der Waals surface area contributed by atoms with E-state index in [1.54, 1.807) is 12.1 Å². The highest BCUT2D eigenvalue weighted by Crippen LogP contribution is 2.11. The van der Waals surface area contributed by atoms with Gasteiger partial charge in [0.1, 0.15) is 12.4 Å². The number of hydrogen-bond acceptors (Lipinski definition) is 3. The van der Waals surface area contributed by atoms with Crippen LogP contribution in [0, 0.1) is 11.3 Å². The molecule has 0 spiro atoms. The van der Waals surface area contributed by atoms with E-state index in [2.05, 4.69) is 24.8 Å². The number of rotatable bonds is 12. The Morgan fingerprint density at radius 2 is 1.50 bits per heavy atom. The van der Waals surface area contributed by atoms with Gasteiger partial charge in [-0.1, -0.05) is 39.5 Å². The van der Waals surface area contributed by atoms with Crippen LogP contribution in [0.1, 0.15) is 57.9 Å². The van der Waals surface area contributed by atoms with Gasteiger partial charge in [-0.3, -0.25) is 4.90 Å². The van der Waals surface area contributed by atoms with E-state index < -0.39 is 0 Å². The van der Waals surface area contributed by atoms with Gasteiger partial charge in [0.25, 0.3) is 0 Å². The summed E-state index contributed by atoms with van der Waals surface area (Å²) in [6, 6.07) is 9.47. The standard InChI is InChI=1S/C19H30N2O/c1-3-5-7-13-21(14-8-6-4-2)15-16-22-19-11-9-18(17-20)10-12-19/h9-12H,3-8,13-16H2,1-2H3. The molecule has 1 aromatic rings. The molecule has 0 heterocycles. The fourth-order valence-electron chi connectivity index (χ4n) is 2.42. The van der Waals surface area contributed by atoms with Crippen LogP contribution in [0.4, 0.5) is 0 Å². The first-order chi connectivity index (χ1) is 10.8. The second-order valence-corrected chi connectivity index (χ2v) is 5.74. The summed E-state index contributed by atoms with van der Waals surface area (Å²) in [5.74, 6) is 0.848. The Morgan fingerprint density at radius 1 is 0.909 bits per heavy atom. The molecule has 0 bridgehead atoms. The summed E-state index contributed by atoms with van der Waals surface area (Å²) < 4.78 is 5.80. The van der Waals surface area contributed by atoms with Gasteiger partial charge < -0.3 is 4.74 Å². The molecular weight excluding hydrogens is 272 g/mol. The summed E-state index contributed by atoms with van der Waals surface area (Å²) in [7, 11) is 0. The molecule has 122 valence electrons. The quantitative estimate of drug-likeness (QED) is 0.529. The molecule has 0 atom stereocenters. The van der Waals surface area contributed by atoms with Crippen molar-refractivity contribution in [1.82, 2.24) is 4.90 Å². The highest BCUT2D eigenvalue weighted by Gasteiger charge is 2.05. The minimum absolute atomic E-state index is 0.674. The average Bonchev–Trinajstić information content (AvgIpc) is 2.55. The van der Waals surface area contributed by atoms with Crippen molar-refractivity contribution in [1.29, 1.82) is 5.26 Å². The van der Waals surface area contributed by atoms with E-state index in [9.17, 15) is 0 Å². The van der Waals surface area contributed by atoms with E-state index in [0.717, 1.165) is 12.3 Å². The zero-order chi connectivity index (χ0) is 16.0. The maximum atomic E-state index is 8.79. The van der Waals surface area contributed by atoms with Crippen LogP contribution < -0.4 is 4.74 Å². The first-order valence-electron chi connectivity index (χ1n) is 8.65. The predicted octanol–water partition coefficient (Wildman–Crippen LogP) is 4.62. The van der Waals surface area contributed by atoms with Gasteiger partial charge in [-0.15, -0.1) is 0 Å². The second kappa shape index (κ2) is 12.1. The van der Waals surface area contributed by atoms with Crippen LogP contribution in [-0.2, 0) is 0 Å². The van der Waals surface area contributed by atoms with Crippen LogP contribution in [0.5, 0.6) is 5.75 Å². The van der Waals surface area contributed by atoms with E-state index in [1.165, 1.54) is 51.6 Å². The summed E-state index contributed by atoms with van der Waals surface area (Å²) in [6.45, 7) is 8.53. The van der Waals surface area contributed by atoms with E-state index in [-0.39, 0.29) is 0 Å². The number of unbranched alkanes of at least 4 members (excludes halogenated alkanes) is 4. The maximum Gasteiger partial charge on any atom is 0.119 e. The molecule has 0 aliphatic rings. The molecule has 1 rings (SSSR count). The summed E-state index contributed by atoms with van der Waals surface area (Å²) in [6.07, 6.45) is 7.70. The van der Waals surface area contributed by atoms with Crippen LogP contribution in [0.2, 0.25) is 0 Å². The average molecular weight is 302 g/mol. The smallest absolute Gasteiger partial charge is 0.119 e. The second-order valence-electron chi connectivity index (χ2n) is 5.74. The highest BCUT2D eigenvalue weighted by atomic mass is 16.5. The Hall–Kier alpha value is -1.53. The van der Waals surface area contributed by atoms with Crippen LogP contribution in [0.15, 0.2) is 24.3 Å². The summed E-state index contributed by atoms with van der Waals surface area (Å²) in [5, 5.41) is 8.79. The van der Waals surface area contributed by atoms with Crippen molar-refractivity contribution < 1.29 is 4.74 Å². The topological polar surface area (TPSA) is 36.3 Å². The molecule has 0 N–H and O–H groups in total. The first-order valence-corrected chi connectivity index (χ1v) is 8.65. The van der Waals surface area contributed by atoms with Crippen LogP contribution in [0.3, 0.4) is 0 Å². The number of benzene rings is 1. The molecule has 0 saturated carbocycles. The summed E-state index contributed by atoms with van der Waals surface area (Å²) in [4.78, 5) is 2.52. The van der Waals surface area contributed by atoms with Gasteiger partial charge in [0.15, 0.2) is 0 Å². The van der Waals surface area contributed by atoms with Gasteiger partial charge in [-0.2, -0.15) is 5.26 Å². The first kappa shape index (κ1) is 18.5. The van der Waals surface area contributed by atoms with Crippen LogP contribution in [0.25, 0.3) is 0 Å². The molecule has 0 saturated heterocycles. The molecule has 3 heteroatoms. The van der Waals surface area contributed by atoms with E-state index in [4.69, 9.17) is 10.00 Å². The van der Waals surface area contributed by atoms with E-state index in [1.807, 2.05) is 12.1 Å². The van der Waals surface area contributed by atoms with Crippen molar-refractivity contribution in [3.8, 4) is 11.8 Å². The molecule has 1 aromatic carbocycles. The molecule has 0 aromatic heterocycles. The maximum absolute atomic E-state index is 8.79. The lowest BCUT2D eigenvalue weighted by Gasteiger charge is -2.22. The normalized spacial score (nSPS) is 10.6. The van der Waals surface area contributed by atoms with Crippen molar-refractivity contribution >= 4 is 0 Å². The third-order valence-electron chi connectivity index (χ3n) is 3.82. The van der Waals surface area contributed by atoms with Gasteiger partial charge >= 0.3 is 0 Å². The van der Waals surface area contributed by atoms with Crippen molar-refractivity contribution in [2.24, 2.45) is 0 Å². The number of hydrogen-bond donors (Lipinski definition) is 0. The van der Waals surface area contributed by atoms with Crippen LogP contribution >= 0.6 is 0 Å². The summed E-state index contributed by atoms with van der Waals surface area (Å²) >= 11 is 0. The Labute approximate surface area is 135 Å². The van der Waals surface area contributed by atoms with Crippen molar-refractivity contribution in [3.05, 3.63) is 29.8 Å². The zero-order valence-electron chi connectivity index (χ0n) is 14.2. The van der Waals surface area contributed by atoms with Crippen molar-refractivity contribution in [2.75, 3.05) is 26.2 Å². The predicted molar refractivity (Wildman–Crippen MR) is 92.1 cm³/mol. The molecule has 22 heavy (non-hydrogen) atoms. The molecule has 0 amide bonds. The molecule has 3 nitrogen and oxygen atoms in total. The third-order valence-corrected chi connectivity index (χ3v) is 3.82. The number of ether oxygens (including phenoxy) is 1. The Bertz CT molecular complexity index is 412. The summed E-state index contributed by atoms with van der Waals surface area (Å²) in [5.41, 5.74) is 0.674. The molecule has 0 radical (unpaired) electrons. The lowest BCUT2D eigenvalue weighted by molar-refractivity contribution is 0.203. The number of nitrogens with zero attached hydrogens (tertiary/aromatic N) is 2. The molecule has 0 aliphatic heterocycles. The van der Waals surface area contributed by atoms with Gasteiger partial charge in [-0.25, -0.2) is 0 Å². The van der Waals surface area contributed by atoms with Gasteiger partial charge in [0.05, 0.1) is 11.6 Å². The monoisotopic (exact) mass is 302 g/mol. The van der Waals surface area contributed by atoms with E-state index in [0.29, 0.717) is 12.2 Å². The Balaban J connectivity index is 2.31. The van der Waals surface area contributed by atoms with Crippen molar-refractivity contribution in [2.45, 2.75) is 52.4 Å². The lowest BCUT2D eigenvalue weighted by atomic mass is 10.2. The minimum atomic E-state index is 0.674. The fourth-order valence-corrected chi connectivity index (χ4v) is 2.42. The highest BCUT2D eigenvalue weighted by molar-refractivity contribution is 5.34. The van der Waals surface area contributed by atoms with E-state index >= 15 is 0 Å². The number of nitriles is 1. The van der Waals surface area contributed by atoms with Gasteiger partial charge in [0.2, 0.25) is 0 Å². The van der Waals surface area contributed by atoms with Gasteiger partial charge in [0, 0.05) is 6.54 Å². The van der Waals surface area contributed by atoms with Crippen LogP contribution in [-0.4, -0.2) is 31.1 Å². The molecular formula is C19H30N2O. The molecule has 0 aliphatic carbocycles. The largest absolute Gasteiger partial charge is 0.492 e. The minimum Gasteiger partial charge on any atom is -0.492 e. The molecule has 0 unspecified atom stereocenters. The Kier molecular flexibility index (Phi) is 10.1. The Morgan fingerprint density at radius 3 is 2.00 bits per heavy atom. The van der Waals surface area contributed by atoms with Crippen molar-refractivity contribution in [3.63, 3.8) is 0 Å². The lowest BCUT2D eigenvalue weighted by Crippen LogP contribution is -2.30. The van der Waals surface area contributed by atoms with Gasteiger partial charge in [-0.05, 0) is 50.2 Å². The SMILES string of the molecule is CCCCCN(CCCCC)CCOc1ccc(C#N)cc1. The molecule has 0 fully saturated rings. The third kappa shape index (κ3) is 8.05. The fraction of sp³-hybridized carbons (Fsp3) is 0.632.